The summed E-state index contributed by atoms with van der Waals surface area (Å²) in [6.45, 7) is 3.71. The third-order valence-corrected chi connectivity index (χ3v) is 7.39. The number of piperazine rings is 1. The molecule has 6 rings (SSSR count). The molecule has 9 nitrogen and oxygen atoms in total. The summed E-state index contributed by atoms with van der Waals surface area (Å²) < 4.78 is 15.1. The van der Waals surface area contributed by atoms with Crippen LogP contribution in [-0.4, -0.2) is 69.7 Å². The molecule has 3 amide bonds. The molecule has 2 N–H and O–H groups in total. The molecule has 4 heterocycles. The van der Waals surface area contributed by atoms with E-state index in [1.54, 1.807) is 6.07 Å². The van der Waals surface area contributed by atoms with Gasteiger partial charge in [0, 0.05) is 44.7 Å². The number of rotatable bonds is 5. The first-order valence-electron chi connectivity index (χ1n) is 12.5. The van der Waals surface area contributed by atoms with E-state index in [1.807, 2.05) is 41.4 Å². The number of aromatic amines is 1. The number of carbonyl (C=O) groups is 3. The molecule has 0 bridgehead atoms. The number of fused-ring (bicyclic) bond motifs is 1. The smallest absolute Gasteiger partial charge is 0.255 e. The molecule has 1 unspecified atom stereocenters. The summed E-state index contributed by atoms with van der Waals surface area (Å²) in [5, 5.41) is 2.29. The van der Waals surface area contributed by atoms with Crippen LogP contribution >= 0.6 is 0 Å². The molecule has 3 aliphatic heterocycles. The second-order valence-electron chi connectivity index (χ2n) is 9.73. The van der Waals surface area contributed by atoms with Crippen LogP contribution in [0.2, 0.25) is 0 Å². The standard InChI is InChI=1S/C27H27FN6O3/c28-20-13-19-18(15-34(27(19)37)22-6-7-25(35)31-26(22)36)12-23(20)33-10-8-32(9-11-33)16-24-29-14-21(30-24)17-4-2-1-3-5-17/h1-5,12-14,22H,6-11,15-16H2,(H,29,30)(H,31,35,36). The topological polar surface area (TPSA) is 102 Å². The molecule has 0 spiro atoms. The van der Waals surface area contributed by atoms with Gasteiger partial charge in [-0.3, -0.25) is 24.6 Å². The predicted octanol–water partition coefficient (Wildman–Crippen LogP) is 2.30. The van der Waals surface area contributed by atoms with E-state index in [-0.39, 0.29) is 36.8 Å². The zero-order valence-corrected chi connectivity index (χ0v) is 20.2. The van der Waals surface area contributed by atoms with Crippen molar-refractivity contribution < 1.29 is 18.8 Å². The minimum atomic E-state index is -0.711. The molecule has 3 aromatic rings. The summed E-state index contributed by atoms with van der Waals surface area (Å²) in [6, 6.07) is 12.4. The second kappa shape index (κ2) is 9.44. The van der Waals surface area contributed by atoms with E-state index < -0.39 is 17.8 Å². The third kappa shape index (κ3) is 4.48. The summed E-state index contributed by atoms with van der Waals surface area (Å²) >= 11 is 0. The lowest BCUT2D eigenvalue weighted by Gasteiger charge is -2.36. The summed E-state index contributed by atoms with van der Waals surface area (Å²) in [4.78, 5) is 50.3. The second-order valence-corrected chi connectivity index (χ2v) is 9.73. The number of carbonyl (C=O) groups excluding carboxylic acids is 3. The maximum Gasteiger partial charge on any atom is 0.255 e. The molecule has 2 fully saturated rings. The van der Waals surface area contributed by atoms with Gasteiger partial charge in [0.25, 0.3) is 5.91 Å². The van der Waals surface area contributed by atoms with Crippen LogP contribution in [0.5, 0.6) is 0 Å². The van der Waals surface area contributed by atoms with Crippen LogP contribution in [-0.2, 0) is 22.7 Å². The number of hydrogen-bond donors (Lipinski definition) is 2. The van der Waals surface area contributed by atoms with Gasteiger partial charge in [-0.2, -0.15) is 0 Å². The van der Waals surface area contributed by atoms with Crippen molar-refractivity contribution in [1.29, 1.82) is 0 Å². The van der Waals surface area contributed by atoms with E-state index in [0.29, 0.717) is 30.9 Å². The normalized spacial score (nSPS) is 20.4. The van der Waals surface area contributed by atoms with Crippen molar-refractivity contribution in [2.75, 3.05) is 31.1 Å². The van der Waals surface area contributed by atoms with Gasteiger partial charge in [0.05, 0.1) is 24.1 Å². The Morgan fingerprint density at radius 1 is 1.03 bits per heavy atom. The van der Waals surface area contributed by atoms with Crippen molar-refractivity contribution in [3.63, 3.8) is 0 Å². The Morgan fingerprint density at radius 2 is 1.81 bits per heavy atom. The first-order valence-corrected chi connectivity index (χ1v) is 12.5. The van der Waals surface area contributed by atoms with Gasteiger partial charge in [-0.15, -0.1) is 0 Å². The molecule has 190 valence electrons. The average Bonchev–Trinajstić information content (AvgIpc) is 3.49. The van der Waals surface area contributed by atoms with Gasteiger partial charge in [0.2, 0.25) is 11.8 Å². The summed E-state index contributed by atoms with van der Waals surface area (Å²) in [5.41, 5.74) is 3.54. The molecule has 1 atom stereocenters. The quantitative estimate of drug-likeness (QED) is 0.520. The van der Waals surface area contributed by atoms with Crippen LogP contribution in [0.15, 0.2) is 48.7 Å². The summed E-state index contributed by atoms with van der Waals surface area (Å²) in [5.74, 6) is -0.719. The van der Waals surface area contributed by atoms with Crippen molar-refractivity contribution in [2.24, 2.45) is 0 Å². The van der Waals surface area contributed by atoms with Crippen LogP contribution in [0, 0.1) is 5.82 Å². The number of amides is 3. The van der Waals surface area contributed by atoms with Gasteiger partial charge in [-0.1, -0.05) is 30.3 Å². The summed E-state index contributed by atoms with van der Waals surface area (Å²) in [6.07, 6.45) is 2.32. The van der Waals surface area contributed by atoms with Crippen LogP contribution in [0.1, 0.15) is 34.6 Å². The number of hydrogen-bond acceptors (Lipinski definition) is 6. The molecule has 2 saturated heterocycles. The van der Waals surface area contributed by atoms with Gasteiger partial charge < -0.3 is 14.8 Å². The van der Waals surface area contributed by atoms with Crippen LogP contribution < -0.4 is 10.2 Å². The highest BCUT2D eigenvalue weighted by Gasteiger charge is 2.40. The van der Waals surface area contributed by atoms with E-state index in [4.69, 9.17) is 0 Å². The van der Waals surface area contributed by atoms with Crippen LogP contribution in [0.3, 0.4) is 0 Å². The van der Waals surface area contributed by atoms with Gasteiger partial charge in [0.15, 0.2) is 0 Å². The Bertz CT molecular complexity index is 1370. The number of piperidine rings is 1. The lowest BCUT2D eigenvalue weighted by Crippen LogP contribution is -2.52. The van der Waals surface area contributed by atoms with Crippen molar-refractivity contribution in [3.05, 3.63) is 71.4 Å². The highest BCUT2D eigenvalue weighted by Crippen LogP contribution is 2.33. The molecule has 1 aromatic heterocycles. The first kappa shape index (κ1) is 23.4. The van der Waals surface area contributed by atoms with Crippen LogP contribution in [0.25, 0.3) is 11.3 Å². The highest BCUT2D eigenvalue weighted by molar-refractivity contribution is 6.05. The molecule has 3 aliphatic rings. The number of nitrogens with one attached hydrogen (secondary N) is 2. The van der Waals surface area contributed by atoms with Crippen molar-refractivity contribution in [1.82, 2.24) is 25.1 Å². The summed E-state index contributed by atoms with van der Waals surface area (Å²) in [7, 11) is 0. The van der Waals surface area contributed by atoms with Crippen molar-refractivity contribution in [3.8, 4) is 11.3 Å². The number of aromatic nitrogens is 2. The molecule has 37 heavy (non-hydrogen) atoms. The zero-order chi connectivity index (χ0) is 25.5. The SMILES string of the molecule is O=C1CCC(N2Cc3cc(N4CCN(Cc5ncc(-c6ccccc6)[nH]5)CC4)c(F)cc3C2=O)C(=O)N1. The monoisotopic (exact) mass is 502 g/mol. The largest absolute Gasteiger partial charge is 0.367 e. The van der Waals surface area contributed by atoms with Gasteiger partial charge >= 0.3 is 0 Å². The maximum atomic E-state index is 15.1. The molecular formula is C27H27FN6O3. The van der Waals surface area contributed by atoms with E-state index in [0.717, 1.165) is 30.2 Å². The lowest BCUT2D eigenvalue weighted by molar-refractivity contribution is -0.136. The molecular weight excluding hydrogens is 475 g/mol. The Hall–Kier alpha value is -4.05. The number of H-pyrrole nitrogens is 1. The van der Waals surface area contributed by atoms with Gasteiger partial charge in [0.1, 0.15) is 17.7 Å². The fourth-order valence-electron chi connectivity index (χ4n) is 5.38. The number of imidazole rings is 1. The number of nitrogens with zero attached hydrogens (tertiary/aromatic N) is 4. The number of benzene rings is 2. The Balaban J connectivity index is 1.10. The fraction of sp³-hybridized carbons (Fsp3) is 0.333. The van der Waals surface area contributed by atoms with E-state index >= 15 is 4.39 Å². The van der Waals surface area contributed by atoms with E-state index in [9.17, 15) is 14.4 Å². The molecule has 0 radical (unpaired) electrons. The zero-order valence-electron chi connectivity index (χ0n) is 20.2. The molecule has 0 saturated carbocycles. The molecule has 2 aromatic carbocycles. The van der Waals surface area contributed by atoms with E-state index in [1.165, 1.54) is 11.0 Å². The minimum Gasteiger partial charge on any atom is -0.367 e. The van der Waals surface area contributed by atoms with Crippen molar-refractivity contribution in [2.45, 2.75) is 32.0 Å². The first-order chi connectivity index (χ1) is 18.0. The predicted molar refractivity (Wildman–Crippen MR) is 134 cm³/mol. The Labute approximate surface area is 213 Å². The maximum absolute atomic E-state index is 15.1. The van der Waals surface area contributed by atoms with Gasteiger partial charge in [-0.05, 0) is 29.7 Å². The number of anilines is 1. The Morgan fingerprint density at radius 3 is 2.57 bits per heavy atom. The van der Waals surface area contributed by atoms with Gasteiger partial charge in [-0.25, -0.2) is 9.37 Å². The average molecular weight is 503 g/mol. The molecule has 10 heteroatoms. The van der Waals surface area contributed by atoms with Crippen molar-refractivity contribution >= 4 is 23.4 Å². The lowest BCUT2D eigenvalue weighted by atomic mass is 10.0. The highest BCUT2D eigenvalue weighted by atomic mass is 19.1. The number of halogens is 1. The Kier molecular flexibility index (Phi) is 5.96. The molecule has 0 aliphatic carbocycles. The fourth-order valence-corrected chi connectivity index (χ4v) is 5.38. The third-order valence-electron chi connectivity index (χ3n) is 7.39. The van der Waals surface area contributed by atoms with Crippen LogP contribution in [0.4, 0.5) is 10.1 Å². The van der Waals surface area contributed by atoms with E-state index in [2.05, 4.69) is 20.2 Å². The minimum absolute atomic E-state index is 0.187. The number of imide groups is 1.